The number of nitrogens with one attached hydrogen (secondary N) is 5. The molecule has 0 aliphatic carbocycles. The van der Waals surface area contributed by atoms with Crippen molar-refractivity contribution in [2.75, 3.05) is 13.1 Å². The highest BCUT2D eigenvalue weighted by atomic mass is 16.2. The van der Waals surface area contributed by atoms with Gasteiger partial charge in [-0.25, -0.2) is 0 Å². The molecular formula is C30H42N6O5. The van der Waals surface area contributed by atoms with Gasteiger partial charge in [0.15, 0.2) is 0 Å². The molecule has 2 fully saturated rings. The van der Waals surface area contributed by atoms with Crippen LogP contribution in [-0.2, 0) is 30.4 Å². The van der Waals surface area contributed by atoms with Crippen LogP contribution in [0.4, 0.5) is 0 Å². The first-order valence-electron chi connectivity index (χ1n) is 14.7. The van der Waals surface area contributed by atoms with Crippen LogP contribution in [-0.4, -0.2) is 76.7 Å². The van der Waals surface area contributed by atoms with Crippen molar-refractivity contribution in [1.82, 2.24) is 31.2 Å². The fraction of sp³-hybridized carbons (Fsp3) is 0.567. The first-order valence-corrected chi connectivity index (χ1v) is 14.7. The summed E-state index contributed by atoms with van der Waals surface area (Å²) in [6, 6.07) is 4.36. The van der Waals surface area contributed by atoms with E-state index in [2.05, 4.69) is 26.3 Å². The van der Waals surface area contributed by atoms with E-state index in [0.29, 0.717) is 51.6 Å². The van der Waals surface area contributed by atoms with Crippen molar-refractivity contribution in [2.24, 2.45) is 5.92 Å². The Morgan fingerprint density at radius 3 is 2.51 bits per heavy atom. The summed E-state index contributed by atoms with van der Waals surface area (Å²) in [4.78, 5) is 70.7. The molecule has 11 heteroatoms. The molecule has 2 saturated heterocycles. The number of aromatic nitrogens is 1. The first-order chi connectivity index (χ1) is 19.7. The summed E-state index contributed by atoms with van der Waals surface area (Å²) < 4.78 is 0. The second-order valence-electron chi connectivity index (χ2n) is 11.2. The quantitative estimate of drug-likeness (QED) is 0.292. The molecule has 2 aromatic rings. The molecule has 0 saturated carbocycles. The van der Waals surface area contributed by atoms with Gasteiger partial charge < -0.3 is 31.2 Å². The summed E-state index contributed by atoms with van der Waals surface area (Å²) in [5.74, 6) is -1.81. The van der Waals surface area contributed by atoms with Crippen molar-refractivity contribution >= 4 is 40.4 Å². The standard InChI is InChI=1S/C30H42N6O5/c1-4-18(2)26-30(41)36-15-9-13-25(36)29(40)33-23(12-7-8-14-31-19(3)37)27(38)34-24(28(39)35-26)16-20-17-32-22-11-6-5-10-21(20)22/h5-6,10-11,17-18,23-26,32H,4,7-9,12-16H2,1-3H3,(H,31,37)(H,33,40)(H,34,38)(H,35,39)/t18-,23-,24-,25+,26-/m0/s1. The zero-order chi connectivity index (χ0) is 29.5. The van der Waals surface area contributed by atoms with Crippen molar-refractivity contribution < 1.29 is 24.0 Å². The SMILES string of the molecule is CC[C@H](C)[C@@H]1NC(=O)[C@H](Cc2c[nH]c3ccccc23)NC(=O)[C@H](CCCCNC(C)=O)NC(=O)[C@H]2CCCN2C1=O. The normalized spacial score (nSPS) is 24.5. The topological polar surface area (TPSA) is 152 Å². The molecule has 5 atom stereocenters. The Balaban J connectivity index is 1.63. The van der Waals surface area contributed by atoms with Crippen molar-refractivity contribution in [3.8, 4) is 0 Å². The lowest BCUT2D eigenvalue weighted by Gasteiger charge is -2.34. The Bertz CT molecular complexity index is 1280. The fourth-order valence-electron chi connectivity index (χ4n) is 5.70. The van der Waals surface area contributed by atoms with E-state index in [-0.39, 0.29) is 30.1 Å². The monoisotopic (exact) mass is 566 g/mol. The molecule has 1 aromatic carbocycles. The smallest absolute Gasteiger partial charge is 0.246 e. The van der Waals surface area contributed by atoms with Crippen LogP contribution < -0.4 is 21.3 Å². The maximum atomic E-state index is 13.8. The van der Waals surface area contributed by atoms with Crippen LogP contribution in [0.2, 0.25) is 0 Å². The average molecular weight is 567 g/mol. The molecule has 0 unspecified atom stereocenters. The summed E-state index contributed by atoms with van der Waals surface area (Å²) in [6.07, 6.45) is 5.38. The van der Waals surface area contributed by atoms with Gasteiger partial charge in [-0.2, -0.15) is 0 Å². The van der Waals surface area contributed by atoms with Gasteiger partial charge in [0.05, 0.1) is 0 Å². The molecule has 0 spiro atoms. The highest BCUT2D eigenvalue weighted by Crippen LogP contribution is 2.23. The molecule has 4 rings (SSSR count). The predicted octanol–water partition coefficient (Wildman–Crippen LogP) is 1.52. The van der Waals surface area contributed by atoms with Gasteiger partial charge in [-0.1, -0.05) is 38.5 Å². The fourth-order valence-corrected chi connectivity index (χ4v) is 5.70. The number of aromatic amines is 1. The van der Waals surface area contributed by atoms with Crippen molar-refractivity contribution in [2.45, 2.75) is 89.9 Å². The van der Waals surface area contributed by atoms with Crippen LogP contribution in [0, 0.1) is 5.92 Å². The van der Waals surface area contributed by atoms with Crippen molar-refractivity contribution in [1.29, 1.82) is 0 Å². The van der Waals surface area contributed by atoms with Crippen LogP contribution in [0.25, 0.3) is 10.9 Å². The molecule has 222 valence electrons. The zero-order valence-corrected chi connectivity index (χ0v) is 24.1. The predicted molar refractivity (Wildman–Crippen MR) is 155 cm³/mol. The van der Waals surface area contributed by atoms with Crippen LogP contribution in [0.15, 0.2) is 30.5 Å². The van der Waals surface area contributed by atoms with Gasteiger partial charge in [-0.3, -0.25) is 24.0 Å². The highest BCUT2D eigenvalue weighted by Gasteiger charge is 2.41. The molecule has 0 radical (unpaired) electrons. The van der Waals surface area contributed by atoms with Crippen molar-refractivity contribution in [3.63, 3.8) is 0 Å². The number of hydrogen-bond donors (Lipinski definition) is 5. The van der Waals surface area contributed by atoms with E-state index in [9.17, 15) is 24.0 Å². The second kappa shape index (κ2) is 13.6. The molecule has 1 aromatic heterocycles. The Morgan fingerprint density at radius 2 is 1.76 bits per heavy atom. The molecule has 0 bridgehead atoms. The van der Waals surface area contributed by atoms with E-state index < -0.39 is 36.0 Å². The number of rotatable bonds is 9. The number of hydrogen-bond acceptors (Lipinski definition) is 5. The number of benzene rings is 1. The summed E-state index contributed by atoms with van der Waals surface area (Å²) in [6.45, 7) is 6.19. The molecule has 5 amide bonds. The van der Waals surface area contributed by atoms with E-state index >= 15 is 0 Å². The third kappa shape index (κ3) is 7.25. The van der Waals surface area contributed by atoms with E-state index in [1.54, 1.807) is 4.90 Å². The molecule has 41 heavy (non-hydrogen) atoms. The number of carbonyl (C=O) groups excluding carboxylic acids is 5. The minimum atomic E-state index is -0.964. The number of H-pyrrole nitrogens is 1. The third-order valence-electron chi connectivity index (χ3n) is 8.27. The Morgan fingerprint density at radius 1 is 1.02 bits per heavy atom. The number of nitrogens with zero attached hydrogens (tertiary/aromatic N) is 1. The van der Waals surface area contributed by atoms with Gasteiger partial charge in [0, 0.05) is 43.5 Å². The minimum absolute atomic E-state index is 0.130. The zero-order valence-electron chi connectivity index (χ0n) is 24.1. The van der Waals surface area contributed by atoms with Gasteiger partial charge >= 0.3 is 0 Å². The lowest BCUT2D eigenvalue weighted by Crippen LogP contribution is -2.62. The van der Waals surface area contributed by atoms with E-state index in [4.69, 9.17) is 0 Å². The summed E-state index contributed by atoms with van der Waals surface area (Å²) in [5, 5.41) is 12.4. The molecule has 5 N–H and O–H groups in total. The Hall–Kier alpha value is -3.89. The van der Waals surface area contributed by atoms with Gasteiger partial charge in [0.2, 0.25) is 29.5 Å². The van der Waals surface area contributed by atoms with Crippen LogP contribution >= 0.6 is 0 Å². The van der Waals surface area contributed by atoms with Crippen LogP contribution in [0.3, 0.4) is 0 Å². The first kappa shape index (κ1) is 30.1. The lowest BCUT2D eigenvalue weighted by atomic mass is 9.95. The Kier molecular flexibility index (Phi) is 10.0. The van der Waals surface area contributed by atoms with Gasteiger partial charge in [0.1, 0.15) is 24.2 Å². The van der Waals surface area contributed by atoms with Crippen LogP contribution in [0.1, 0.15) is 64.9 Å². The van der Waals surface area contributed by atoms with Gasteiger partial charge in [-0.05, 0) is 49.7 Å². The number of unbranched alkanes of at least 4 members (excludes halogenated alkanes) is 1. The number of carbonyl (C=O) groups is 5. The molecule has 11 nitrogen and oxygen atoms in total. The van der Waals surface area contributed by atoms with Crippen molar-refractivity contribution in [3.05, 3.63) is 36.0 Å². The molecule has 2 aliphatic rings. The van der Waals surface area contributed by atoms with Gasteiger partial charge in [0.25, 0.3) is 0 Å². The second-order valence-corrected chi connectivity index (χ2v) is 11.2. The number of para-hydroxylation sites is 1. The summed E-state index contributed by atoms with van der Waals surface area (Å²) in [7, 11) is 0. The van der Waals surface area contributed by atoms with E-state index in [0.717, 1.165) is 16.5 Å². The van der Waals surface area contributed by atoms with Crippen LogP contribution in [0.5, 0.6) is 0 Å². The largest absolute Gasteiger partial charge is 0.361 e. The molecule has 3 heterocycles. The highest BCUT2D eigenvalue weighted by molar-refractivity contribution is 5.98. The average Bonchev–Trinajstić information content (AvgIpc) is 3.61. The van der Waals surface area contributed by atoms with E-state index in [1.807, 2.05) is 44.3 Å². The number of amides is 5. The maximum Gasteiger partial charge on any atom is 0.246 e. The molecular weight excluding hydrogens is 524 g/mol. The molecule has 2 aliphatic heterocycles. The minimum Gasteiger partial charge on any atom is -0.361 e. The number of fused-ring (bicyclic) bond motifs is 2. The third-order valence-corrected chi connectivity index (χ3v) is 8.27. The van der Waals surface area contributed by atoms with E-state index in [1.165, 1.54) is 6.92 Å². The summed E-state index contributed by atoms with van der Waals surface area (Å²) in [5.41, 5.74) is 1.77. The summed E-state index contributed by atoms with van der Waals surface area (Å²) >= 11 is 0. The lowest BCUT2D eigenvalue weighted by molar-refractivity contribution is -0.144. The Labute approximate surface area is 240 Å². The van der Waals surface area contributed by atoms with Gasteiger partial charge in [-0.15, -0.1) is 0 Å². The maximum absolute atomic E-state index is 13.8.